The highest BCUT2D eigenvalue weighted by Crippen LogP contribution is 2.40. The van der Waals surface area contributed by atoms with Gasteiger partial charge in [0, 0.05) is 22.9 Å². The van der Waals surface area contributed by atoms with Crippen LogP contribution in [0.4, 0.5) is 0 Å². The zero-order valence-electron chi connectivity index (χ0n) is 11.4. The van der Waals surface area contributed by atoms with Gasteiger partial charge >= 0.3 is 0 Å². The number of methoxy groups -OCH3 is 1. The summed E-state index contributed by atoms with van der Waals surface area (Å²) >= 11 is 3.55. The Bertz CT molecular complexity index is 620. The third-order valence-corrected chi connectivity index (χ3v) is 4.75. The molecule has 0 saturated carbocycles. The monoisotopic (exact) mass is 336 g/mol. The first kappa shape index (κ1) is 13.7. The first-order chi connectivity index (χ1) is 9.62. The lowest BCUT2D eigenvalue weighted by atomic mass is 9.79. The fourth-order valence-corrected chi connectivity index (χ4v) is 3.32. The molecule has 0 fully saturated rings. The van der Waals surface area contributed by atoms with Crippen molar-refractivity contribution in [2.45, 2.75) is 31.3 Å². The molecule has 3 nitrogen and oxygen atoms in total. The first-order valence-corrected chi connectivity index (χ1v) is 7.53. The molecule has 1 aliphatic carbocycles. The van der Waals surface area contributed by atoms with Crippen LogP contribution >= 0.6 is 15.9 Å². The molecule has 1 aliphatic rings. The van der Waals surface area contributed by atoms with E-state index in [2.05, 4.69) is 15.9 Å². The second kappa shape index (κ2) is 5.26. The Morgan fingerprint density at radius 3 is 3.05 bits per heavy atom. The highest BCUT2D eigenvalue weighted by atomic mass is 79.9. The van der Waals surface area contributed by atoms with Gasteiger partial charge in [-0.2, -0.15) is 0 Å². The molecule has 0 amide bonds. The van der Waals surface area contributed by atoms with E-state index in [0.29, 0.717) is 6.42 Å². The maximum atomic E-state index is 11.0. The van der Waals surface area contributed by atoms with Crippen LogP contribution in [0.3, 0.4) is 0 Å². The van der Waals surface area contributed by atoms with Gasteiger partial charge in [-0.05, 0) is 42.7 Å². The molecule has 0 aliphatic heterocycles. The van der Waals surface area contributed by atoms with Crippen molar-refractivity contribution in [1.29, 1.82) is 0 Å². The Balaban J connectivity index is 1.96. The molecule has 3 rings (SSSR count). The molecule has 0 saturated heterocycles. The quantitative estimate of drug-likeness (QED) is 0.926. The van der Waals surface area contributed by atoms with Crippen molar-refractivity contribution in [3.8, 4) is 5.75 Å². The highest BCUT2D eigenvalue weighted by Gasteiger charge is 2.36. The van der Waals surface area contributed by atoms with Gasteiger partial charge in [0.25, 0.3) is 0 Å². The Morgan fingerprint density at radius 2 is 2.25 bits per heavy atom. The Labute approximate surface area is 126 Å². The van der Waals surface area contributed by atoms with Gasteiger partial charge in [0.15, 0.2) is 0 Å². The molecule has 1 heterocycles. The molecular formula is C16H17BrO3. The van der Waals surface area contributed by atoms with Gasteiger partial charge in [0.2, 0.25) is 0 Å². The number of hydrogen-bond donors (Lipinski definition) is 1. The van der Waals surface area contributed by atoms with Crippen molar-refractivity contribution in [3.63, 3.8) is 0 Å². The summed E-state index contributed by atoms with van der Waals surface area (Å²) in [6, 6.07) is 7.72. The second-order valence-electron chi connectivity index (χ2n) is 5.28. The summed E-state index contributed by atoms with van der Waals surface area (Å²) in [4.78, 5) is 0. The van der Waals surface area contributed by atoms with Crippen molar-refractivity contribution in [2.24, 2.45) is 0 Å². The van der Waals surface area contributed by atoms with Crippen LogP contribution in [0.25, 0.3) is 0 Å². The number of aryl methyl sites for hydroxylation is 1. The third-order valence-electron chi connectivity index (χ3n) is 3.98. The summed E-state index contributed by atoms with van der Waals surface area (Å²) < 4.78 is 11.7. The molecule has 4 heteroatoms. The molecule has 1 aromatic carbocycles. The number of halogens is 1. The number of hydrogen-bond acceptors (Lipinski definition) is 3. The van der Waals surface area contributed by atoms with E-state index in [-0.39, 0.29) is 0 Å². The second-order valence-corrected chi connectivity index (χ2v) is 6.13. The van der Waals surface area contributed by atoms with E-state index in [0.717, 1.165) is 46.4 Å². The number of benzene rings is 1. The molecule has 0 radical (unpaired) electrons. The van der Waals surface area contributed by atoms with Gasteiger partial charge in [-0.3, -0.25) is 0 Å². The maximum absolute atomic E-state index is 11.0. The highest BCUT2D eigenvalue weighted by molar-refractivity contribution is 9.10. The standard InChI is InChI=1S/C16H17BrO3/c1-19-12-4-5-14(17)11(9-12)10-16(18)7-2-3-15-13(16)6-8-20-15/h4-6,8-9,18H,2-3,7,10H2,1H3. The Hall–Kier alpha value is -1.26. The van der Waals surface area contributed by atoms with E-state index in [4.69, 9.17) is 9.15 Å². The average Bonchev–Trinajstić information content (AvgIpc) is 2.91. The summed E-state index contributed by atoms with van der Waals surface area (Å²) in [7, 11) is 1.65. The van der Waals surface area contributed by atoms with Gasteiger partial charge in [-0.25, -0.2) is 0 Å². The summed E-state index contributed by atoms with van der Waals surface area (Å²) in [6.07, 6.45) is 4.82. The minimum atomic E-state index is -0.852. The smallest absolute Gasteiger partial charge is 0.119 e. The van der Waals surface area contributed by atoms with Gasteiger partial charge in [-0.1, -0.05) is 15.9 Å². The molecule has 2 aromatic rings. The first-order valence-electron chi connectivity index (χ1n) is 6.74. The van der Waals surface area contributed by atoms with Crippen LogP contribution in [0.1, 0.15) is 29.7 Å². The number of furan rings is 1. The topological polar surface area (TPSA) is 42.6 Å². The van der Waals surface area contributed by atoms with E-state index in [9.17, 15) is 5.11 Å². The molecule has 1 N–H and O–H groups in total. The van der Waals surface area contributed by atoms with Gasteiger partial charge in [0.1, 0.15) is 11.5 Å². The summed E-state index contributed by atoms with van der Waals surface area (Å²) in [5, 5.41) is 11.0. The third kappa shape index (κ3) is 2.38. The largest absolute Gasteiger partial charge is 0.497 e. The summed E-state index contributed by atoms with van der Waals surface area (Å²) in [5.41, 5.74) is 1.12. The van der Waals surface area contributed by atoms with Crippen LogP contribution in [-0.4, -0.2) is 12.2 Å². The molecule has 0 spiro atoms. The maximum Gasteiger partial charge on any atom is 0.119 e. The molecule has 0 bridgehead atoms. The lowest BCUT2D eigenvalue weighted by Crippen LogP contribution is -2.32. The molecule has 20 heavy (non-hydrogen) atoms. The van der Waals surface area contributed by atoms with Crippen LogP contribution in [-0.2, 0) is 18.4 Å². The fourth-order valence-electron chi connectivity index (χ4n) is 2.94. The number of rotatable bonds is 3. The van der Waals surface area contributed by atoms with Crippen molar-refractivity contribution < 1.29 is 14.3 Å². The molecule has 1 aromatic heterocycles. The molecule has 1 unspecified atom stereocenters. The number of aliphatic hydroxyl groups is 1. The van der Waals surface area contributed by atoms with Crippen LogP contribution in [0.2, 0.25) is 0 Å². The zero-order chi connectivity index (χ0) is 14.2. The minimum Gasteiger partial charge on any atom is -0.497 e. The fraction of sp³-hybridized carbons (Fsp3) is 0.375. The van der Waals surface area contributed by atoms with Crippen molar-refractivity contribution in [2.75, 3.05) is 7.11 Å². The van der Waals surface area contributed by atoms with Gasteiger partial charge < -0.3 is 14.3 Å². The van der Waals surface area contributed by atoms with E-state index >= 15 is 0 Å². The van der Waals surface area contributed by atoms with E-state index in [1.54, 1.807) is 13.4 Å². The van der Waals surface area contributed by atoms with Gasteiger partial charge in [-0.15, -0.1) is 0 Å². The SMILES string of the molecule is COc1ccc(Br)c(CC2(O)CCCc3occc32)c1. The Kier molecular flexibility index (Phi) is 3.61. The molecular weight excluding hydrogens is 320 g/mol. The van der Waals surface area contributed by atoms with Crippen LogP contribution in [0.15, 0.2) is 39.4 Å². The normalized spacial score (nSPS) is 21.6. The lowest BCUT2D eigenvalue weighted by molar-refractivity contribution is 0.0167. The number of fused-ring (bicyclic) bond motifs is 1. The number of ether oxygens (including phenoxy) is 1. The van der Waals surface area contributed by atoms with Gasteiger partial charge in [0.05, 0.1) is 19.0 Å². The predicted molar refractivity (Wildman–Crippen MR) is 79.9 cm³/mol. The summed E-state index contributed by atoms with van der Waals surface area (Å²) in [6.45, 7) is 0. The lowest BCUT2D eigenvalue weighted by Gasteiger charge is -2.32. The van der Waals surface area contributed by atoms with Crippen LogP contribution in [0.5, 0.6) is 5.75 Å². The molecule has 106 valence electrons. The van der Waals surface area contributed by atoms with E-state index < -0.39 is 5.60 Å². The van der Waals surface area contributed by atoms with Crippen molar-refractivity contribution >= 4 is 15.9 Å². The zero-order valence-corrected chi connectivity index (χ0v) is 12.9. The Morgan fingerprint density at radius 1 is 1.40 bits per heavy atom. The predicted octanol–water partition coefficient (Wildman–Crippen LogP) is 3.82. The molecule has 1 atom stereocenters. The van der Waals surface area contributed by atoms with E-state index in [1.165, 1.54) is 0 Å². The van der Waals surface area contributed by atoms with E-state index in [1.807, 2.05) is 24.3 Å². The van der Waals surface area contributed by atoms with Crippen LogP contribution < -0.4 is 4.74 Å². The van der Waals surface area contributed by atoms with Crippen LogP contribution in [0, 0.1) is 0 Å². The van der Waals surface area contributed by atoms with Crippen molar-refractivity contribution in [1.82, 2.24) is 0 Å². The summed E-state index contributed by atoms with van der Waals surface area (Å²) in [5.74, 6) is 1.72. The van der Waals surface area contributed by atoms with Crippen molar-refractivity contribution in [3.05, 3.63) is 51.9 Å². The average molecular weight is 337 g/mol. The minimum absolute atomic E-state index is 0.553.